The van der Waals surface area contributed by atoms with Gasteiger partial charge in [0.15, 0.2) is 0 Å². The molecule has 2 saturated carbocycles. The van der Waals surface area contributed by atoms with E-state index >= 15 is 0 Å². The van der Waals surface area contributed by atoms with Crippen LogP contribution in [0.3, 0.4) is 0 Å². The maximum Gasteiger partial charge on any atom is 0.255 e. The summed E-state index contributed by atoms with van der Waals surface area (Å²) >= 11 is 12.4. The van der Waals surface area contributed by atoms with Crippen molar-refractivity contribution in [2.45, 2.75) is 58.4 Å². The molecule has 6 nitrogen and oxygen atoms in total. The Hall–Kier alpha value is -2.44. The van der Waals surface area contributed by atoms with Gasteiger partial charge in [0.25, 0.3) is 5.91 Å². The van der Waals surface area contributed by atoms with E-state index in [0.29, 0.717) is 42.3 Å². The molecule has 182 valence electrons. The number of fused-ring (bicyclic) bond motifs is 1. The predicted molar refractivity (Wildman–Crippen MR) is 135 cm³/mol. The number of carbonyl (C=O) groups is 2. The molecule has 0 spiro atoms. The molecule has 1 aromatic heterocycles. The molecule has 1 aromatic carbocycles. The van der Waals surface area contributed by atoms with E-state index < -0.39 is 0 Å². The van der Waals surface area contributed by atoms with E-state index in [1.54, 1.807) is 28.7 Å². The van der Waals surface area contributed by atoms with Crippen LogP contribution in [0, 0.1) is 16.7 Å². The lowest BCUT2D eigenvalue weighted by Crippen LogP contribution is -2.47. The maximum absolute atomic E-state index is 13.2. The highest BCUT2D eigenvalue weighted by Crippen LogP contribution is 2.63. The summed E-state index contributed by atoms with van der Waals surface area (Å²) in [5, 5.41) is 3.71. The van der Waals surface area contributed by atoms with Crippen molar-refractivity contribution in [1.82, 2.24) is 14.9 Å². The summed E-state index contributed by atoms with van der Waals surface area (Å²) in [5.74, 6) is 1.14. The first kappa shape index (κ1) is 23.0. The van der Waals surface area contributed by atoms with Gasteiger partial charge in [-0.3, -0.25) is 9.59 Å². The normalized spacial score (nSPS) is 28.5. The van der Waals surface area contributed by atoms with Gasteiger partial charge in [-0.2, -0.15) is 0 Å². The zero-order valence-corrected chi connectivity index (χ0v) is 21.3. The van der Waals surface area contributed by atoms with Crippen LogP contribution in [-0.4, -0.2) is 33.2 Å². The first-order chi connectivity index (χ1) is 16.7. The van der Waals surface area contributed by atoms with E-state index in [1.165, 1.54) is 19.2 Å². The molecule has 4 aliphatic carbocycles. The van der Waals surface area contributed by atoms with Crippen molar-refractivity contribution in [3.8, 4) is 0 Å². The molecule has 2 heterocycles. The predicted octanol–water partition coefficient (Wildman–Crippen LogP) is 5.84. The van der Waals surface area contributed by atoms with Crippen molar-refractivity contribution in [3.05, 3.63) is 63.0 Å². The van der Waals surface area contributed by atoms with Crippen molar-refractivity contribution in [2.24, 2.45) is 16.7 Å². The minimum Gasteiger partial charge on any atom is -0.332 e. The average Bonchev–Trinajstić information content (AvgIpc) is 2.78. The van der Waals surface area contributed by atoms with Crippen LogP contribution in [0.5, 0.6) is 0 Å². The highest BCUT2D eigenvalue weighted by Gasteiger charge is 2.52. The standard InChI is InChI=1S/C27H28Cl2N4O2/c1-26-8-16-7-17(9-26)11-27(10-16,14-26)12-22(34)32-24-18-5-6-33(13-21(18)30-15-31-24)25(35)19-3-2-4-20(28)23(19)29/h2-4,8,15,17H,5-7,9-14H2,1H3,(H,30,31,32,34). The second kappa shape index (κ2) is 8.31. The number of amides is 2. The summed E-state index contributed by atoms with van der Waals surface area (Å²) in [6.07, 6.45) is 10.8. The van der Waals surface area contributed by atoms with Crippen LogP contribution in [0.4, 0.5) is 5.82 Å². The van der Waals surface area contributed by atoms with Gasteiger partial charge >= 0.3 is 0 Å². The largest absolute Gasteiger partial charge is 0.332 e. The van der Waals surface area contributed by atoms with E-state index in [2.05, 4.69) is 28.3 Å². The number of nitrogens with one attached hydrogen (secondary N) is 1. The lowest BCUT2D eigenvalue weighted by atomic mass is 9.48. The van der Waals surface area contributed by atoms with E-state index in [9.17, 15) is 9.59 Å². The topological polar surface area (TPSA) is 75.2 Å². The van der Waals surface area contributed by atoms with Gasteiger partial charge in [-0.15, -0.1) is 0 Å². The van der Waals surface area contributed by atoms with Gasteiger partial charge < -0.3 is 10.2 Å². The summed E-state index contributed by atoms with van der Waals surface area (Å²) in [5.41, 5.74) is 3.92. The van der Waals surface area contributed by atoms with Crippen LogP contribution in [0.1, 0.15) is 67.1 Å². The smallest absolute Gasteiger partial charge is 0.255 e. The Morgan fingerprint density at radius 3 is 2.89 bits per heavy atom. The summed E-state index contributed by atoms with van der Waals surface area (Å²) in [6.45, 7) is 3.18. The third-order valence-corrected chi connectivity index (χ3v) is 9.05. The molecule has 3 atom stereocenters. The summed E-state index contributed by atoms with van der Waals surface area (Å²) in [6, 6.07) is 5.06. The first-order valence-electron chi connectivity index (χ1n) is 12.3. The SMILES string of the molecule is CC12C=C3CC(C1)CC(CC(=O)Nc1ncnc4c1CCN(C(=O)c1cccc(Cl)c1Cl)C4)(C3)C2. The molecule has 1 N–H and O–H groups in total. The Balaban J connectivity index is 1.17. The van der Waals surface area contributed by atoms with E-state index in [4.69, 9.17) is 23.2 Å². The lowest BCUT2D eigenvalue weighted by molar-refractivity contribution is -0.121. The Kier molecular flexibility index (Phi) is 5.46. The molecule has 2 aromatic rings. The number of benzene rings is 1. The van der Waals surface area contributed by atoms with Crippen molar-refractivity contribution >= 4 is 40.8 Å². The number of carbonyl (C=O) groups excluding carboxylic acids is 2. The minimum atomic E-state index is -0.183. The fraction of sp³-hybridized carbons (Fsp3) is 0.481. The van der Waals surface area contributed by atoms with Crippen LogP contribution in [-0.2, 0) is 17.8 Å². The molecule has 2 amide bonds. The molecule has 8 heteroatoms. The number of nitrogens with zero attached hydrogens (tertiary/aromatic N) is 3. The minimum absolute atomic E-state index is 0.0289. The lowest BCUT2D eigenvalue weighted by Gasteiger charge is -2.57. The molecule has 3 unspecified atom stereocenters. The van der Waals surface area contributed by atoms with E-state index in [-0.39, 0.29) is 27.7 Å². The van der Waals surface area contributed by atoms with Gasteiger partial charge in [-0.25, -0.2) is 9.97 Å². The van der Waals surface area contributed by atoms with Crippen molar-refractivity contribution in [2.75, 3.05) is 11.9 Å². The highest BCUT2D eigenvalue weighted by molar-refractivity contribution is 6.43. The Morgan fingerprint density at radius 2 is 2.09 bits per heavy atom. The average molecular weight is 511 g/mol. The second-order valence-electron chi connectivity index (χ2n) is 11.2. The highest BCUT2D eigenvalue weighted by atomic mass is 35.5. The number of halogens is 2. The Morgan fingerprint density at radius 1 is 1.23 bits per heavy atom. The third-order valence-electron chi connectivity index (χ3n) is 8.23. The molecule has 5 aliphatic rings. The summed E-state index contributed by atoms with van der Waals surface area (Å²) < 4.78 is 0. The summed E-state index contributed by atoms with van der Waals surface area (Å²) in [4.78, 5) is 36.8. The maximum atomic E-state index is 13.2. The van der Waals surface area contributed by atoms with E-state index in [1.807, 2.05) is 0 Å². The van der Waals surface area contributed by atoms with E-state index in [0.717, 1.165) is 36.4 Å². The van der Waals surface area contributed by atoms with Gasteiger partial charge in [0.2, 0.25) is 5.91 Å². The third kappa shape index (κ3) is 4.15. The van der Waals surface area contributed by atoms with Crippen molar-refractivity contribution in [1.29, 1.82) is 0 Å². The van der Waals surface area contributed by atoms with Gasteiger partial charge in [0, 0.05) is 18.5 Å². The number of aromatic nitrogens is 2. The molecular weight excluding hydrogens is 483 g/mol. The molecule has 0 radical (unpaired) electrons. The monoisotopic (exact) mass is 510 g/mol. The molecule has 1 aliphatic heterocycles. The number of rotatable bonds is 4. The molecule has 2 fully saturated rings. The quantitative estimate of drug-likeness (QED) is 0.524. The molecule has 0 saturated heterocycles. The van der Waals surface area contributed by atoms with Crippen LogP contribution in [0.2, 0.25) is 10.0 Å². The first-order valence-corrected chi connectivity index (χ1v) is 13.0. The molecular formula is C27H28Cl2N4O2. The summed E-state index contributed by atoms with van der Waals surface area (Å²) in [7, 11) is 0. The fourth-order valence-electron chi connectivity index (χ4n) is 7.45. The van der Waals surface area contributed by atoms with Crippen LogP contribution >= 0.6 is 23.2 Å². The van der Waals surface area contributed by atoms with Crippen molar-refractivity contribution < 1.29 is 9.59 Å². The molecule has 35 heavy (non-hydrogen) atoms. The number of anilines is 1. The van der Waals surface area contributed by atoms with Gasteiger partial charge in [-0.05, 0) is 67.4 Å². The number of allylic oxidation sites excluding steroid dienone is 2. The Labute approximate surface area is 215 Å². The molecule has 4 bridgehead atoms. The Bertz CT molecular complexity index is 1280. The van der Waals surface area contributed by atoms with Crippen LogP contribution in [0.15, 0.2) is 36.2 Å². The number of hydrogen-bond acceptors (Lipinski definition) is 4. The number of hydrogen-bond donors (Lipinski definition) is 1. The van der Waals surface area contributed by atoms with Crippen LogP contribution < -0.4 is 5.32 Å². The second-order valence-corrected chi connectivity index (χ2v) is 12.0. The fourth-order valence-corrected chi connectivity index (χ4v) is 7.83. The zero-order valence-electron chi connectivity index (χ0n) is 19.7. The zero-order chi connectivity index (χ0) is 24.4. The van der Waals surface area contributed by atoms with Gasteiger partial charge in [0.05, 0.1) is 27.8 Å². The van der Waals surface area contributed by atoms with Gasteiger partial charge in [-0.1, -0.05) is 47.8 Å². The van der Waals surface area contributed by atoms with Gasteiger partial charge in [0.1, 0.15) is 12.1 Å². The molecule has 7 rings (SSSR count). The van der Waals surface area contributed by atoms with Crippen molar-refractivity contribution in [3.63, 3.8) is 0 Å². The van der Waals surface area contributed by atoms with Crippen LogP contribution in [0.25, 0.3) is 0 Å².